The van der Waals surface area contributed by atoms with Crippen molar-refractivity contribution in [3.8, 4) is 17.1 Å². The van der Waals surface area contributed by atoms with Crippen molar-refractivity contribution in [2.75, 3.05) is 0 Å². The zero-order chi connectivity index (χ0) is 32.1. The number of benzene rings is 8. The molecule has 0 amide bonds. The molecule has 3 heteroatoms. The Bertz CT molecular complexity index is 3050. The van der Waals surface area contributed by atoms with E-state index in [4.69, 9.17) is 0 Å². The van der Waals surface area contributed by atoms with E-state index in [9.17, 15) is 0 Å². The van der Waals surface area contributed by atoms with Crippen molar-refractivity contribution < 1.29 is 0 Å². The molecule has 0 aliphatic rings. The van der Waals surface area contributed by atoms with Crippen LogP contribution in [0.25, 0.3) is 93.3 Å². The van der Waals surface area contributed by atoms with Crippen LogP contribution in [0.3, 0.4) is 0 Å². The lowest BCUT2D eigenvalue weighted by atomic mass is 10.0. The van der Waals surface area contributed by atoms with Crippen molar-refractivity contribution in [3.05, 3.63) is 176 Å². The van der Waals surface area contributed by atoms with E-state index < -0.39 is 0 Å². The Morgan fingerprint density at radius 2 is 0.755 bits per heavy atom. The minimum Gasteiger partial charge on any atom is -0.309 e. The fourth-order valence-corrected chi connectivity index (χ4v) is 8.40. The van der Waals surface area contributed by atoms with Crippen LogP contribution in [0.5, 0.6) is 0 Å². The van der Waals surface area contributed by atoms with Gasteiger partial charge in [0.05, 0.1) is 33.1 Å². The highest BCUT2D eigenvalue weighted by Gasteiger charge is 2.22. The Kier molecular flexibility index (Phi) is 5.38. The SMILES string of the molecule is c1ccc(-n2c3ccccc3c3ccc4c5c6ccccc6ccc5n(-c5cccc(-n6c7ccccc7c7ccccc76)c5)c4c32)cc1. The van der Waals surface area contributed by atoms with E-state index >= 15 is 0 Å². The maximum Gasteiger partial charge on any atom is 0.0789 e. The number of hydrogen-bond donors (Lipinski definition) is 0. The third-order valence-corrected chi connectivity index (χ3v) is 10.4. The van der Waals surface area contributed by atoms with Gasteiger partial charge in [0, 0.05) is 49.4 Å². The minimum atomic E-state index is 1.13. The number of aromatic nitrogens is 3. The van der Waals surface area contributed by atoms with Gasteiger partial charge in [0.25, 0.3) is 0 Å². The molecule has 0 aliphatic heterocycles. The number of hydrogen-bond acceptors (Lipinski definition) is 0. The van der Waals surface area contributed by atoms with E-state index in [0.717, 1.165) is 17.1 Å². The van der Waals surface area contributed by atoms with Gasteiger partial charge in [-0.15, -0.1) is 0 Å². The Morgan fingerprint density at radius 1 is 0.265 bits per heavy atom. The third-order valence-electron chi connectivity index (χ3n) is 10.4. The molecular formula is C46H29N3. The summed E-state index contributed by atoms with van der Waals surface area (Å²) >= 11 is 0. The van der Waals surface area contributed by atoms with Gasteiger partial charge in [0.15, 0.2) is 0 Å². The van der Waals surface area contributed by atoms with Gasteiger partial charge in [-0.05, 0) is 65.4 Å². The minimum absolute atomic E-state index is 1.13. The molecule has 11 aromatic rings. The van der Waals surface area contributed by atoms with Gasteiger partial charge in [-0.2, -0.15) is 0 Å². The van der Waals surface area contributed by atoms with Gasteiger partial charge >= 0.3 is 0 Å². The van der Waals surface area contributed by atoms with Gasteiger partial charge in [-0.3, -0.25) is 0 Å². The molecule has 0 bridgehead atoms. The lowest BCUT2D eigenvalue weighted by molar-refractivity contribution is 1.13. The summed E-state index contributed by atoms with van der Waals surface area (Å²) in [5.41, 5.74) is 10.7. The molecule has 0 saturated heterocycles. The normalized spacial score (nSPS) is 12.1. The van der Waals surface area contributed by atoms with E-state index in [1.54, 1.807) is 0 Å². The van der Waals surface area contributed by atoms with E-state index in [2.05, 4.69) is 190 Å². The van der Waals surface area contributed by atoms with Crippen LogP contribution in [-0.2, 0) is 0 Å². The molecule has 0 spiro atoms. The Hall–Kier alpha value is -6.58. The first kappa shape index (κ1) is 26.5. The first-order chi connectivity index (χ1) is 24.3. The van der Waals surface area contributed by atoms with Gasteiger partial charge in [-0.25, -0.2) is 0 Å². The van der Waals surface area contributed by atoms with Gasteiger partial charge in [0.1, 0.15) is 0 Å². The van der Waals surface area contributed by atoms with Crippen LogP contribution in [0.2, 0.25) is 0 Å². The molecule has 0 unspecified atom stereocenters. The first-order valence-electron chi connectivity index (χ1n) is 16.9. The number of fused-ring (bicyclic) bond motifs is 12. The molecule has 228 valence electrons. The van der Waals surface area contributed by atoms with E-state index in [0.29, 0.717) is 0 Å². The highest BCUT2D eigenvalue weighted by Crippen LogP contribution is 2.44. The van der Waals surface area contributed by atoms with E-state index in [1.165, 1.54) is 76.2 Å². The second kappa shape index (κ2) is 9.96. The lowest BCUT2D eigenvalue weighted by Gasteiger charge is -2.14. The summed E-state index contributed by atoms with van der Waals surface area (Å²) in [5, 5.41) is 10.1. The molecule has 0 N–H and O–H groups in total. The van der Waals surface area contributed by atoms with Crippen molar-refractivity contribution in [2.24, 2.45) is 0 Å². The van der Waals surface area contributed by atoms with Gasteiger partial charge < -0.3 is 13.7 Å². The van der Waals surface area contributed by atoms with Crippen LogP contribution >= 0.6 is 0 Å². The Labute approximate surface area is 282 Å². The number of rotatable bonds is 3. The highest BCUT2D eigenvalue weighted by molar-refractivity contribution is 6.28. The summed E-state index contributed by atoms with van der Waals surface area (Å²) in [4.78, 5) is 0. The van der Waals surface area contributed by atoms with Crippen molar-refractivity contribution in [3.63, 3.8) is 0 Å². The fourth-order valence-electron chi connectivity index (χ4n) is 8.40. The first-order valence-corrected chi connectivity index (χ1v) is 16.9. The van der Waals surface area contributed by atoms with Crippen LogP contribution in [0.4, 0.5) is 0 Å². The Balaban J connectivity index is 1.33. The summed E-state index contributed by atoms with van der Waals surface area (Å²) < 4.78 is 7.38. The molecule has 8 aromatic carbocycles. The monoisotopic (exact) mass is 623 g/mol. The smallest absolute Gasteiger partial charge is 0.0789 e. The van der Waals surface area contributed by atoms with Crippen LogP contribution in [0, 0.1) is 0 Å². The fraction of sp³-hybridized carbons (Fsp3) is 0. The molecule has 0 aliphatic carbocycles. The molecule has 0 saturated carbocycles. The largest absolute Gasteiger partial charge is 0.309 e. The molecule has 3 aromatic heterocycles. The second-order valence-electron chi connectivity index (χ2n) is 13.0. The summed E-state index contributed by atoms with van der Waals surface area (Å²) in [5.74, 6) is 0. The summed E-state index contributed by atoms with van der Waals surface area (Å²) in [6, 6.07) is 64.2. The molecule has 0 fully saturated rings. The van der Waals surface area contributed by atoms with Crippen LogP contribution in [0.15, 0.2) is 176 Å². The summed E-state index contributed by atoms with van der Waals surface area (Å²) in [7, 11) is 0. The topological polar surface area (TPSA) is 14.8 Å². The zero-order valence-electron chi connectivity index (χ0n) is 26.6. The highest BCUT2D eigenvalue weighted by atomic mass is 15.1. The predicted molar refractivity (Wildman–Crippen MR) is 207 cm³/mol. The zero-order valence-corrected chi connectivity index (χ0v) is 26.6. The molecule has 11 rings (SSSR count). The molecule has 0 atom stereocenters. The third kappa shape index (κ3) is 3.62. The Morgan fingerprint density at radius 3 is 1.47 bits per heavy atom. The molecule has 0 radical (unpaired) electrons. The van der Waals surface area contributed by atoms with Crippen molar-refractivity contribution in [2.45, 2.75) is 0 Å². The van der Waals surface area contributed by atoms with Crippen molar-refractivity contribution >= 4 is 76.2 Å². The van der Waals surface area contributed by atoms with Gasteiger partial charge in [0.2, 0.25) is 0 Å². The van der Waals surface area contributed by atoms with E-state index in [-0.39, 0.29) is 0 Å². The number of nitrogens with zero attached hydrogens (tertiary/aromatic N) is 3. The average molecular weight is 624 g/mol. The lowest BCUT2D eigenvalue weighted by Crippen LogP contribution is -2.00. The van der Waals surface area contributed by atoms with Crippen LogP contribution in [0.1, 0.15) is 0 Å². The van der Waals surface area contributed by atoms with Crippen molar-refractivity contribution in [1.82, 2.24) is 13.7 Å². The molecule has 3 nitrogen and oxygen atoms in total. The average Bonchev–Trinajstić information content (AvgIpc) is 3.81. The van der Waals surface area contributed by atoms with Crippen LogP contribution in [-0.4, -0.2) is 13.7 Å². The maximum atomic E-state index is 2.51. The standard InChI is InChI=1S/C46H29N3/c1-2-14-31(15-3-1)48-42-24-11-8-21-37(42)38-26-27-39-44-34-18-5-4-13-30(34)25-28-43(44)49(46(39)45(38)48)33-17-12-16-32(29-33)47-40-22-9-6-19-35(40)36-20-7-10-23-41(36)47/h1-29H. The molecule has 49 heavy (non-hydrogen) atoms. The number of para-hydroxylation sites is 4. The predicted octanol–water partition coefficient (Wildman–Crippen LogP) is 12.1. The quantitative estimate of drug-likeness (QED) is 0.186. The van der Waals surface area contributed by atoms with E-state index in [1.807, 2.05) is 0 Å². The van der Waals surface area contributed by atoms with Gasteiger partial charge in [-0.1, -0.05) is 121 Å². The molecule has 3 heterocycles. The summed E-state index contributed by atoms with van der Waals surface area (Å²) in [6.45, 7) is 0. The summed E-state index contributed by atoms with van der Waals surface area (Å²) in [6.07, 6.45) is 0. The maximum absolute atomic E-state index is 2.51. The van der Waals surface area contributed by atoms with Crippen LogP contribution < -0.4 is 0 Å². The molecular weight excluding hydrogens is 595 g/mol. The second-order valence-corrected chi connectivity index (χ2v) is 13.0. The van der Waals surface area contributed by atoms with Crippen molar-refractivity contribution in [1.29, 1.82) is 0 Å².